The Morgan fingerprint density at radius 3 is 2.32 bits per heavy atom. The van der Waals surface area contributed by atoms with Crippen molar-refractivity contribution >= 4 is 0 Å². The normalized spacial score (nSPS) is 14.9. The van der Waals surface area contributed by atoms with Gasteiger partial charge in [-0.05, 0) is 44.8 Å². The van der Waals surface area contributed by atoms with Gasteiger partial charge in [0.15, 0.2) is 0 Å². The summed E-state index contributed by atoms with van der Waals surface area (Å²) in [4.78, 5) is 0. The average Bonchev–Trinajstić information content (AvgIpc) is 2.49. The molecule has 3 nitrogen and oxygen atoms in total. The molecular formula is C19H35N3. The molecule has 0 radical (unpaired) electrons. The van der Waals surface area contributed by atoms with E-state index in [0.29, 0.717) is 5.70 Å². The van der Waals surface area contributed by atoms with Crippen LogP contribution in [-0.2, 0) is 0 Å². The van der Waals surface area contributed by atoms with Crippen LogP contribution >= 0.6 is 0 Å². The van der Waals surface area contributed by atoms with Crippen LogP contribution in [-0.4, -0.2) is 25.7 Å². The smallest absolute Gasteiger partial charge is 0.0650 e. The van der Waals surface area contributed by atoms with Gasteiger partial charge in [-0.3, -0.25) is 0 Å². The molecule has 0 fully saturated rings. The van der Waals surface area contributed by atoms with Gasteiger partial charge in [-0.25, -0.2) is 0 Å². The minimum absolute atomic E-state index is 0.339. The van der Waals surface area contributed by atoms with Crippen molar-refractivity contribution in [3.8, 4) is 0 Å². The van der Waals surface area contributed by atoms with Crippen LogP contribution in [0.15, 0.2) is 48.7 Å². The molecule has 0 bridgehead atoms. The Morgan fingerprint density at radius 2 is 1.91 bits per heavy atom. The lowest BCUT2D eigenvalue weighted by molar-refractivity contribution is 0.377. The second-order valence-electron chi connectivity index (χ2n) is 5.82. The summed E-state index contributed by atoms with van der Waals surface area (Å²) in [6.07, 6.45) is 8.69. The predicted molar refractivity (Wildman–Crippen MR) is 99.8 cm³/mol. The minimum Gasteiger partial charge on any atom is -0.401 e. The number of hydrogen-bond donors (Lipinski definition) is 3. The van der Waals surface area contributed by atoms with Crippen LogP contribution in [0.25, 0.3) is 0 Å². The molecule has 0 aliphatic carbocycles. The molecule has 0 aliphatic rings. The number of rotatable bonds is 13. The average molecular weight is 306 g/mol. The second-order valence-corrected chi connectivity index (χ2v) is 5.82. The highest BCUT2D eigenvalue weighted by Crippen LogP contribution is 2.29. The first kappa shape index (κ1) is 20.7. The molecule has 0 aliphatic heterocycles. The van der Waals surface area contributed by atoms with Crippen molar-refractivity contribution in [2.75, 3.05) is 20.1 Å². The van der Waals surface area contributed by atoms with Gasteiger partial charge in [0.2, 0.25) is 0 Å². The van der Waals surface area contributed by atoms with Crippen LogP contribution in [0.5, 0.6) is 0 Å². The number of nitrogens with two attached hydrogens (primary N) is 1. The molecule has 0 amide bonds. The molecule has 0 spiro atoms. The van der Waals surface area contributed by atoms with Gasteiger partial charge in [0.1, 0.15) is 0 Å². The van der Waals surface area contributed by atoms with E-state index in [0.717, 1.165) is 45.2 Å². The molecule has 0 heterocycles. The number of likely N-dealkylation sites (N-methyl/N-ethyl adjacent to an activating group) is 1. The maximum atomic E-state index is 6.17. The van der Waals surface area contributed by atoms with Crippen LogP contribution in [0.4, 0.5) is 0 Å². The molecule has 1 atom stereocenters. The number of allylic oxidation sites excluding steroid dienone is 1. The highest BCUT2D eigenvalue weighted by atomic mass is 15.0. The van der Waals surface area contributed by atoms with E-state index in [9.17, 15) is 0 Å². The third-order valence-electron chi connectivity index (χ3n) is 3.96. The lowest BCUT2D eigenvalue weighted by atomic mass is 9.82. The molecule has 22 heavy (non-hydrogen) atoms. The monoisotopic (exact) mass is 305 g/mol. The maximum absolute atomic E-state index is 6.17. The van der Waals surface area contributed by atoms with E-state index in [1.165, 1.54) is 11.1 Å². The Bertz CT molecular complexity index is 387. The Labute approximate surface area is 137 Å². The highest BCUT2D eigenvalue weighted by Gasteiger charge is 2.31. The van der Waals surface area contributed by atoms with Crippen molar-refractivity contribution in [3.63, 3.8) is 0 Å². The molecule has 0 rings (SSSR count). The van der Waals surface area contributed by atoms with Crippen molar-refractivity contribution < 1.29 is 0 Å². The van der Waals surface area contributed by atoms with Gasteiger partial charge in [-0.1, -0.05) is 51.2 Å². The molecule has 0 aromatic heterocycles. The SMILES string of the molecule is C=CCC(C/C(C=C)=C(/CCC)CNC)(NCCC)C(=C)N. The lowest BCUT2D eigenvalue weighted by Crippen LogP contribution is -2.49. The van der Waals surface area contributed by atoms with E-state index in [4.69, 9.17) is 5.73 Å². The van der Waals surface area contributed by atoms with Crippen LogP contribution in [0.2, 0.25) is 0 Å². The van der Waals surface area contributed by atoms with Crippen LogP contribution in [0, 0.1) is 0 Å². The zero-order valence-electron chi connectivity index (χ0n) is 14.8. The molecule has 4 N–H and O–H groups in total. The first-order chi connectivity index (χ1) is 10.5. The van der Waals surface area contributed by atoms with E-state index in [-0.39, 0.29) is 5.54 Å². The zero-order chi connectivity index (χ0) is 17.0. The second kappa shape index (κ2) is 11.3. The molecule has 0 saturated heterocycles. The summed E-state index contributed by atoms with van der Waals surface area (Å²) in [5, 5.41) is 6.85. The summed E-state index contributed by atoms with van der Waals surface area (Å²) in [6, 6.07) is 0. The van der Waals surface area contributed by atoms with Gasteiger partial charge in [0.25, 0.3) is 0 Å². The molecule has 126 valence electrons. The standard InChI is InChI=1S/C19H35N3/c1-7-11-18(15-21-6)17(10-4)14-19(12-8-2,16(5)20)22-13-9-3/h8,10,21-22H,2,4-5,7,9,11-15,20H2,1,3,6H3/b18-17-. The molecule has 0 saturated carbocycles. The maximum Gasteiger partial charge on any atom is 0.0650 e. The van der Waals surface area contributed by atoms with Crippen molar-refractivity contribution in [1.82, 2.24) is 10.6 Å². The van der Waals surface area contributed by atoms with E-state index >= 15 is 0 Å². The Hall–Kier alpha value is -1.32. The molecule has 1 unspecified atom stereocenters. The fourth-order valence-electron chi connectivity index (χ4n) is 2.72. The van der Waals surface area contributed by atoms with Crippen molar-refractivity contribution in [3.05, 3.63) is 48.7 Å². The summed E-state index contributed by atoms with van der Waals surface area (Å²) in [5.41, 5.74) is 9.15. The van der Waals surface area contributed by atoms with Gasteiger partial charge >= 0.3 is 0 Å². The van der Waals surface area contributed by atoms with Crippen molar-refractivity contribution in [2.45, 2.75) is 51.5 Å². The van der Waals surface area contributed by atoms with E-state index < -0.39 is 0 Å². The Morgan fingerprint density at radius 1 is 1.23 bits per heavy atom. The summed E-state index contributed by atoms with van der Waals surface area (Å²) in [6.45, 7) is 18.1. The van der Waals surface area contributed by atoms with Crippen LogP contribution in [0.1, 0.15) is 46.0 Å². The van der Waals surface area contributed by atoms with Gasteiger partial charge in [0.05, 0.1) is 5.54 Å². The van der Waals surface area contributed by atoms with Crippen molar-refractivity contribution in [2.24, 2.45) is 5.73 Å². The van der Waals surface area contributed by atoms with Gasteiger partial charge in [-0.2, -0.15) is 0 Å². The largest absolute Gasteiger partial charge is 0.401 e. The fraction of sp³-hybridized carbons (Fsp3) is 0.579. The predicted octanol–water partition coefficient (Wildman–Crippen LogP) is 3.67. The minimum atomic E-state index is -0.339. The van der Waals surface area contributed by atoms with E-state index in [1.807, 2.05) is 19.2 Å². The topological polar surface area (TPSA) is 50.1 Å². The zero-order valence-corrected chi connectivity index (χ0v) is 14.8. The van der Waals surface area contributed by atoms with Crippen LogP contribution in [0.3, 0.4) is 0 Å². The van der Waals surface area contributed by atoms with Gasteiger partial charge in [0, 0.05) is 12.2 Å². The quantitative estimate of drug-likeness (QED) is 0.359. The fourth-order valence-corrected chi connectivity index (χ4v) is 2.72. The van der Waals surface area contributed by atoms with Crippen molar-refractivity contribution in [1.29, 1.82) is 0 Å². The summed E-state index contributed by atoms with van der Waals surface area (Å²) >= 11 is 0. The number of nitrogens with one attached hydrogen (secondary N) is 2. The lowest BCUT2D eigenvalue weighted by Gasteiger charge is -2.36. The summed E-state index contributed by atoms with van der Waals surface area (Å²) in [5.74, 6) is 0. The first-order valence-electron chi connectivity index (χ1n) is 8.29. The highest BCUT2D eigenvalue weighted by molar-refractivity contribution is 5.32. The third-order valence-corrected chi connectivity index (χ3v) is 3.96. The van der Waals surface area contributed by atoms with E-state index in [2.05, 4.69) is 44.2 Å². The Kier molecular flexibility index (Phi) is 10.6. The molecule has 0 aromatic carbocycles. The van der Waals surface area contributed by atoms with E-state index in [1.54, 1.807) is 0 Å². The van der Waals surface area contributed by atoms with Gasteiger partial charge < -0.3 is 16.4 Å². The van der Waals surface area contributed by atoms with Gasteiger partial charge in [-0.15, -0.1) is 6.58 Å². The first-order valence-corrected chi connectivity index (χ1v) is 8.29. The molecular weight excluding hydrogens is 270 g/mol. The molecule has 0 aromatic rings. The Balaban J connectivity index is 5.61. The third kappa shape index (κ3) is 6.20. The van der Waals surface area contributed by atoms with Crippen LogP contribution < -0.4 is 16.4 Å². The summed E-state index contributed by atoms with van der Waals surface area (Å²) in [7, 11) is 1.98. The molecule has 3 heteroatoms. The number of hydrogen-bond acceptors (Lipinski definition) is 3. The summed E-state index contributed by atoms with van der Waals surface area (Å²) < 4.78 is 0.